The van der Waals surface area contributed by atoms with Gasteiger partial charge < -0.3 is 14.9 Å². The fraction of sp³-hybridized carbons (Fsp3) is 0.833. The zero-order valence-electron chi connectivity index (χ0n) is 7.23. The van der Waals surface area contributed by atoms with Crippen LogP contribution in [0.2, 0.25) is 0 Å². The molecule has 6 heteroatoms. The van der Waals surface area contributed by atoms with Crippen molar-refractivity contribution in [3.05, 3.63) is 0 Å². The summed E-state index contributed by atoms with van der Waals surface area (Å²) in [7, 11) is -3.65. The molecule has 0 aromatic carbocycles. The quantitative estimate of drug-likeness (QED) is 0.589. The highest BCUT2D eigenvalue weighted by Crippen LogP contribution is 2.32. The van der Waals surface area contributed by atoms with Crippen molar-refractivity contribution in [2.45, 2.75) is 26.7 Å². The van der Waals surface area contributed by atoms with Crippen LogP contribution in [-0.4, -0.2) is 27.0 Å². The van der Waals surface area contributed by atoms with Gasteiger partial charge in [-0.15, -0.1) is 0 Å². The minimum absolute atomic E-state index is 0.0625. The van der Waals surface area contributed by atoms with Crippen LogP contribution < -0.4 is 0 Å². The van der Waals surface area contributed by atoms with Gasteiger partial charge in [-0.2, -0.15) is 0 Å². The molecule has 0 fully saturated rings. The van der Waals surface area contributed by atoms with Gasteiger partial charge in [0.25, 0.3) is 0 Å². The monoisotopic (exact) mass is 198 g/mol. The molecule has 0 saturated heterocycles. The molecule has 0 saturated carbocycles. The maximum absolute atomic E-state index is 9.69. The first-order valence-corrected chi connectivity index (χ1v) is 5.39. The number of rotatable bonds is 3. The second-order valence-electron chi connectivity index (χ2n) is 2.12. The Morgan fingerprint density at radius 1 is 1.33 bits per heavy atom. The summed E-state index contributed by atoms with van der Waals surface area (Å²) in [6, 6.07) is 0. The maximum atomic E-state index is 9.69. The first-order valence-electron chi connectivity index (χ1n) is 3.59. The molecular weight excluding hydrogens is 183 g/mol. The number of hydrogen-bond acceptors (Lipinski definition) is 2. The van der Waals surface area contributed by atoms with Crippen LogP contribution >= 0.6 is 7.60 Å². The highest BCUT2D eigenvalue weighted by Gasteiger charge is 2.05. The molecule has 0 aromatic heterocycles. The number of carbonyl (C=O) groups is 1. The Balaban J connectivity index is 0. The summed E-state index contributed by atoms with van der Waals surface area (Å²) in [4.78, 5) is 25.5. The molecule has 0 radical (unpaired) electrons. The largest absolute Gasteiger partial charge is 0.481 e. The molecule has 74 valence electrons. The predicted molar refractivity (Wildman–Crippen MR) is 45.1 cm³/mol. The molecule has 0 bridgehead atoms. The molecule has 3 N–H and O–H groups in total. The molecule has 0 atom stereocenters. The lowest BCUT2D eigenvalue weighted by molar-refractivity contribution is -0.137. The highest BCUT2D eigenvalue weighted by atomic mass is 31.2. The zero-order chi connectivity index (χ0) is 10.2. The van der Waals surface area contributed by atoms with Crippen molar-refractivity contribution in [2.24, 2.45) is 0 Å². The molecule has 0 aromatic rings. The van der Waals surface area contributed by atoms with Crippen LogP contribution in [-0.2, 0) is 9.36 Å². The van der Waals surface area contributed by atoms with E-state index in [1.54, 1.807) is 0 Å². The van der Waals surface area contributed by atoms with Crippen molar-refractivity contribution < 1.29 is 24.3 Å². The van der Waals surface area contributed by atoms with Crippen LogP contribution in [0.1, 0.15) is 26.7 Å². The second kappa shape index (κ2) is 7.28. The van der Waals surface area contributed by atoms with E-state index in [0.717, 1.165) is 6.42 Å². The van der Waals surface area contributed by atoms with Crippen LogP contribution in [0.25, 0.3) is 0 Å². The predicted octanol–water partition coefficient (Wildman–Crippen LogP) is 1.06. The Labute approximate surface area is 71.6 Å². The number of carboxylic acid groups (broad SMARTS) is 1. The molecule has 12 heavy (non-hydrogen) atoms. The fourth-order valence-corrected chi connectivity index (χ4v) is 0.214. The van der Waals surface area contributed by atoms with Crippen molar-refractivity contribution in [3.63, 3.8) is 0 Å². The lowest BCUT2D eigenvalue weighted by Gasteiger charge is -1.92. The van der Waals surface area contributed by atoms with E-state index < -0.39 is 13.6 Å². The average Bonchev–Trinajstić information content (AvgIpc) is 1.87. The molecule has 0 aliphatic heterocycles. The summed E-state index contributed by atoms with van der Waals surface area (Å²) in [6.07, 6.45) is 0.961. The third kappa shape index (κ3) is 22.6. The van der Waals surface area contributed by atoms with E-state index in [-0.39, 0.29) is 6.16 Å². The van der Waals surface area contributed by atoms with E-state index in [2.05, 4.69) is 0 Å². The third-order valence-electron chi connectivity index (χ3n) is 0.876. The number of carboxylic acids is 1. The Morgan fingerprint density at radius 3 is 1.67 bits per heavy atom. The Bertz CT molecular complexity index is 161. The highest BCUT2D eigenvalue weighted by molar-refractivity contribution is 7.51. The fourth-order valence-electron chi connectivity index (χ4n) is 0.214. The Morgan fingerprint density at radius 2 is 1.67 bits per heavy atom. The van der Waals surface area contributed by atoms with Crippen molar-refractivity contribution in [1.82, 2.24) is 0 Å². The molecular formula is C6H15O5P. The number of aliphatic carboxylic acids is 1. The number of hydrogen-bond donors (Lipinski definition) is 3. The molecule has 0 aliphatic carbocycles. The van der Waals surface area contributed by atoms with Gasteiger partial charge in [-0.3, -0.25) is 9.36 Å². The summed E-state index contributed by atoms with van der Waals surface area (Å²) >= 11 is 0. The lowest BCUT2D eigenvalue weighted by Crippen LogP contribution is -1.90. The van der Waals surface area contributed by atoms with E-state index in [1.165, 1.54) is 6.92 Å². The molecule has 0 spiro atoms. The van der Waals surface area contributed by atoms with Gasteiger partial charge >= 0.3 is 13.6 Å². The van der Waals surface area contributed by atoms with Crippen molar-refractivity contribution in [3.8, 4) is 0 Å². The summed E-state index contributed by atoms with van der Waals surface area (Å²) in [5, 5.41) is 7.91. The van der Waals surface area contributed by atoms with Gasteiger partial charge in [-0.05, 0) is 6.42 Å². The van der Waals surface area contributed by atoms with Crippen LogP contribution in [0, 0.1) is 0 Å². The summed E-state index contributed by atoms with van der Waals surface area (Å²) in [5.41, 5.74) is 0. The molecule has 0 unspecified atom stereocenters. The van der Waals surface area contributed by atoms with Crippen molar-refractivity contribution in [2.75, 3.05) is 6.16 Å². The van der Waals surface area contributed by atoms with Crippen molar-refractivity contribution in [1.29, 1.82) is 0 Å². The Kier molecular flexibility index (Phi) is 8.59. The Hall–Kier alpha value is -0.380. The maximum Gasteiger partial charge on any atom is 0.325 e. The molecule has 5 nitrogen and oxygen atoms in total. The topological polar surface area (TPSA) is 94.8 Å². The van der Waals surface area contributed by atoms with Crippen LogP contribution in [0.3, 0.4) is 0 Å². The first-order chi connectivity index (χ1) is 5.33. The summed E-state index contributed by atoms with van der Waals surface area (Å²) in [5.74, 6) is -0.711. The minimum Gasteiger partial charge on any atom is -0.481 e. The van der Waals surface area contributed by atoms with Crippen LogP contribution in [0.5, 0.6) is 0 Å². The van der Waals surface area contributed by atoms with Gasteiger partial charge in [0, 0.05) is 12.6 Å². The lowest BCUT2D eigenvalue weighted by atomic mass is 10.4. The van der Waals surface area contributed by atoms with Gasteiger partial charge in [0.2, 0.25) is 0 Å². The molecule has 0 heterocycles. The van der Waals surface area contributed by atoms with Crippen LogP contribution in [0.4, 0.5) is 0 Å². The smallest absolute Gasteiger partial charge is 0.325 e. The average molecular weight is 198 g/mol. The van der Waals surface area contributed by atoms with Gasteiger partial charge in [-0.25, -0.2) is 0 Å². The van der Waals surface area contributed by atoms with E-state index in [4.69, 9.17) is 14.9 Å². The summed E-state index contributed by atoms with van der Waals surface area (Å²) < 4.78 is 9.69. The molecule has 0 rings (SSSR count). The third-order valence-corrected chi connectivity index (χ3v) is 1.70. The molecule has 0 aliphatic rings. The van der Waals surface area contributed by atoms with E-state index in [9.17, 15) is 9.36 Å². The SMILES string of the molecule is CCCC(=O)O.CCP(=O)(O)O. The second-order valence-corrected chi connectivity index (χ2v) is 4.09. The van der Waals surface area contributed by atoms with Crippen LogP contribution in [0.15, 0.2) is 0 Å². The van der Waals surface area contributed by atoms with Gasteiger partial charge in [0.1, 0.15) is 0 Å². The van der Waals surface area contributed by atoms with Crippen molar-refractivity contribution >= 4 is 13.6 Å². The van der Waals surface area contributed by atoms with Gasteiger partial charge in [0.15, 0.2) is 0 Å². The normalized spacial score (nSPS) is 10.0. The van der Waals surface area contributed by atoms with Gasteiger partial charge in [0.05, 0.1) is 0 Å². The first kappa shape index (κ1) is 14.2. The summed E-state index contributed by atoms with van der Waals surface area (Å²) in [6.45, 7) is 3.29. The van der Waals surface area contributed by atoms with E-state index in [0.29, 0.717) is 6.42 Å². The van der Waals surface area contributed by atoms with E-state index >= 15 is 0 Å². The minimum atomic E-state index is -3.65. The van der Waals surface area contributed by atoms with E-state index in [1.807, 2.05) is 6.92 Å². The molecule has 0 amide bonds. The van der Waals surface area contributed by atoms with Gasteiger partial charge in [-0.1, -0.05) is 13.8 Å². The standard InChI is InChI=1S/C4H8O2.C2H7O3P/c1-2-3-4(5)6;1-2-6(3,4)5/h2-3H2,1H3,(H,5,6);2H2,1H3,(H2,3,4,5). The zero-order valence-corrected chi connectivity index (χ0v) is 8.12.